The molecule has 0 amide bonds. The fourth-order valence-electron chi connectivity index (χ4n) is 0.850. The van der Waals surface area contributed by atoms with E-state index in [1.807, 2.05) is 6.92 Å². The van der Waals surface area contributed by atoms with Crippen LogP contribution in [0.15, 0.2) is 15.5 Å². The Kier molecular flexibility index (Phi) is 3.65. The molecule has 0 bridgehead atoms. The first kappa shape index (κ1) is 11.2. The van der Waals surface area contributed by atoms with Crippen LogP contribution in [0.25, 0.3) is 0 Å². The first-order valence-corrected chi connectivity index (χ1v) is 4.99. The molecule has 0 radical (unpaired) electrons. The van der Waals surface area contributed by atoms with Gasteiger partial charge in [-0.2, -0.15) is 5.10 Å². The minimum absolute atomic E-state index is 0.144. The second-order valence-electron chi connectivity index (χ2n) is 3.10. The fraction of sp³-hybridized carbons (Fsp3) is 0.500. The van der Waals surface area contributed by atoms with Crippen LogP contribution in [-0.2, 0) is 0 Å². The molecule has 1 heterocycles. The smallest absolute Gasteiger partial charge is 0.280 e. The van der Waals surface area contributed by atoms with Crippen molar-refractivity contribution in [2.45, 2.75) is 26.0 Å². The minimum atomic E-state index is -0.499. The lowest BCUT2D eigenvalue weighted by molar-refractivity contribution is 0.178. The van der Waals surface area contributed by atoms with E-state index in [1.54, 1.807) is 6.92 Å². The van der Waals surface area contributed by atoms with Crippen molar-refractivity contribution in [2.24, 2.45) is 0 Å². The monoisotopic (exact) mass is 261 g/mol. The number of hydrogen-bond donors (Lipinski definition) is 3. The molecule has 0 aromatic carbocycles. The summed E-state index contributed by atoms with van der Waals surface area (Å²) in [6, 6.07) is -0.144. The van der Waals surface area contributed by atoms with Gasteiger partial charge in [0.1, 0.15) is 4.47 Å². The summed E-state index contributed by atoms with van der Waals surface area (Å²) < 4.78 is 0.389. The lowest BCUT2D eigenvalue weighted by atomic mass is 10.2. The summed E-state index contributed by atoms with van der Waals surface area (Å²) >= 11 is 3.13. The van der Waals surface area contributed by atoms with E-state index < -0.39 is 6.10 Å². The third kappa shape index (κ3) is 2.55. The minimum Gasteiger partial charge on any atom is -0.391 e. The topological polar surface area (TPSA) is 78.0 Å². The number of aromatic amines is 1. The van der Waals surface area contributed by atoms with Crippen molar-refractivity contribution in [2.75, 3.05) is 5.32 Å². The zero-order valence-electron chi connectivity index (χ0n) is 7.91. The van der Waals surface area contributed by atoms with Gasteiger partial charge < -0.3 is 10.4 Å². The van der Waals surface area contributed by atoms with Gasteiger partial charge in [0, 0.05) is 6.04 Å². The average Bonchev–Trinajstić information content (AvgIpc) is 2.12. The standard InChI is InChI=1S/C8H12BrN3O2/c1-4(5(2)13)11-6-3-10-12-8(14)7(6)9/h3-5,13H,1-2H3,(H2,11,12,14). The van der Waals surface area contributed by atoms with Gasteiger partial charge >= 0.3 is 0 Å². The number of hydrogen-bond acceptors (Lipinski definition) is 4. The largest absolute Gasteiger partial charge is 0.391 e. The van der Waals surface area contributed by atoms with Crippen molar-refractivity contribution in [3.05, 3.63) is 21.0 Å². The van der Waals surface area contributed by atoms with E-state index in [0.29, 0.717) is 10.2 Å². The fourth-order valence-corrected chi connectivity index (χ4v) is 1.16. The van der Waals surface area contributed by atoms with Crippen molar-refractivity contribution < 1.29 is 5.11 Å². The zero-order valence-corrected chi connectivity index (χ0v) is 9.50. The molecule has 1 aromatic heterocycles. The molecule has 0 saturated carbocycles. The van der Waals surface area contributed by atoms with Gasteiger partial charge in [-0.25, -0.2) is 5.10 Å². The normalized spacial score (nSPS) is 14.9. The highest BCUT2D eigenvalue weighted by atomic mass is 79.9. The molecule has 0 spiro atoms. The molecule has 0 aliphatic heterocycles. The molecule has 3 N–H and O–H groups in total. The summed E-state index contributed by atoms with van der Waals surface area (Å²) in [6.07, 6.45) is 0.992. The van der Waals surface area contributed by atoms with Crippen LogP contribution < -0.4 is 10.9 Å². The average molecular weight is 262 g/mol. The Balaban J connectivity index is 2.87. The number of aliphatic hydroxyl groups excluding tert-OH is 1. The lowest BCUT2D eigenvalue weighted by Gasteiger charge is -2.17. The molecule has 78 valence electrons. The first-order chi connectivity index (χ1) is 6.52. The maximum Gasteiger partial charge on any atom is 0.280 e. The Labute approximate surface area is 89.7 Å². The molecule has 0 aliphatic rings. The van der Waals surface area contributed by atoms with E-state index >= 15 is 0 Å². The third-order valence-corrected chi connectivity index (χ3v) is 2.69. The second kappa shape index (κ2) is 4.56. The maximum atomic E-state index is 11.1. The summed E-state index contributed by atoms with van der Waals surface area (Å²) in [4.78, 5) is 11.1. The Morgan fingerprint density at radius 2 is 2.29 bits per heavy atom. The van der Waals surface area contributed by atoms with Crippen LogP contribution in [0.3, 0.4) is 0 Å². The number of nitrogens with zero attached hydrogens (tertiary/aromatic N) is 1. The van der Waals surface area contributed by atoms with E-state index in [-0.39, 0.29) is 11.6 Å². The van der Waals surface area contributed by atoms with Crippen molar-refractivity contribution >= 4 is 21.6 Å². The molecule has 1 aromatic rings. The first-order valence-electron chi connectivity index (χ1n) is 4.20. The quantitative estimate of drug-likeness (QED) is 0.749. The van der Waals surface area contributed by atoms with E-state index in [9.17, 15) is 9.90 Å². The number of H-pyrrole nitrogens is 1. The van der Waals surface area contributed by atoms with E-state index in [4.69, 9.17) is 0 Å². The van der Waals surface area contributed by atoms with Crippen LogP contribution in [0, 0.1) is 0 Å². The summed E-state index contributed by atoms with van der Waals surface area (Å²) in [6.45, 7) is 3.49. The van der Waals surface area contributed by atoms with E-state index in [2.05, 4.69) is 31.4 Å². The van der Waals surface area contributed by atoms with Crippen LogP contribution in [0.4, 0.5) is 5.69 Å². The third-order valence-electron chi connectivity index (χ3n) is 1.90. The predicted molar refractivity (Wildman–Crippen MR) is 57.3 cm³/mol. The number of nitrogens with one attached hydrogen (secondary N) is 2. The van der Waals surface area contributed by atoms with Crippen LogP contribution in [-0.4, -0.2) is 27.4 Å². The van der Waals surface area contributed by atoms with Crippen molar-refractivity contribution in [3.8, 4) is 0 Å². The van der Waals surface area contributed by atoms with Crippen molar-refractivity contribution in [1.29, 1.82) is 0 Å². The highest BCUT2D eigenvalue weighted by molar-refractivity contribution is 9.10. The zero-order chi connectivity index (χ0) is 10.7. The van der Waals surface area contributed by atoms with Gasteiger partial charge in [-0.15, -0.1) is 0 Å². The Hall–Kier alpha value is -0.880. The van der Waals surface area contributed by atoms with Crippen molar-refractivity contribution in [3.63, 3.8) is 0 Å². The summed E-state index contributed by atoms with van der Waals surface area (Å²) in [5.74, 6) is 0. The molecule has 2 atom stereocenters. The van der Waals surface area contributed by atoms with Gasteiger partial charge in [-0.1, -0.05) is 0 Å². The molecule has 0 aliphatic carbocycles. The van der Waals surface area contributed by atoms with Gasteiger partial charge in [0.25, 0.3) is 5.56 Å². The van der Waals surface area contributed by atoms with E-state index in [0.717, 1.165) is 0 Å². The lowest BCUT2D eigenvalue weighted by Crippen LogP contribution is -2.29. The number of aliphatic hydroxyl groups is 1. The van der Waals surface area contributed by atoms with Crippen LogP contribution in [0.2, 0.25) is 0 Å². The summed E-state index contributed by atoms with van der Waals surface area (Å²) in [5.41, 5.74) is 0.273. The molecule has 0 saturated heterocycles. The highest BCUT2D eigenvalue weighted by Gasteiger charge is 2.11. The molecule has 0 fully saturated rings. The van der Waals surface area contributed by atoms with Crippen LogP contribution >= 0.6 is 15.9 Å². The Bertz CT molecular complexity index is 364. The van der Waals surface area contributed by atoms with Crippen molar-refractivity contribution in [1.82, 2.24) is 10.2 Å². The predicted octanol–water partition coefficient (Wildman–Crippen LogP) is 0.714. The SMILES string of the molecule is CC(O)C(C)Nc1cn[nH]c(=O)c1Br. The number of rotatable bonds is 3. The number of halogens is 1. The van der Waals surface area contributed by atoms with Gasteiger partial charge in [-0.05, 0) is 29.8 Å². The van der Waals surface area contributed by atoms with Gasteiger partial charge in [-0.3, -0.25) is 4.79 Å². The Morgan fingerprint density at radius 3 is 2.86 bits per heavy atom. The van der Waals surface area contributed by atoms with Crippen LogP contribution in [0.1, 0.15) is 13.8 Å². The second-order valence-corrected chi connectivity index (χ2v) is 3.89. The maximum absolute atomic E-state index is 11.1. The molecular weight excluding hydrogens is 250 g/mol. The molecule has 2 unspecified atom stereocenters. The number of aromatic nitrogens is 2. The summed E-state index contributed by atoms with van der Waals surface area (Å²) in [7, 11) is 0. The van der Waals surface area contributed by atoms with Gasteiger partial charge in [0.05, 0.1) is 18.0 Å². The molecule has 14 heavy (non-hydrogen) atoms. The van der Waals surface area contributed by atoms with Gasteiger partial charge in [0.15, 0.2) is 0 Å². The molecule has 5 nitrogen and oxygen atoms in total. The van der Waals surface area contributed by atoms with E-state index in [1.165, 1.54) is 6.20 Å². The van der Waals surface area contributed by atoms with Gasteiger partial charge in [0.2, 0.25) is 0 Å². The summed E-state index contributed by atoms with van der Waals surface area (Å²) in [5, 5.41) is 18.2. The highest BCUT2D eigenvalue weighted by Crippen LogP contribution is 2.16. The molecule has 1 rings (SSSR count). The Morgan fingerprint density at radius 1 is 1.64 bits per heavy atom. The molecular formula is C8H12BrN3O2. The van der Waals surface area contributed by atoms with Crippen LogP contribution in [0.5, 0.6) is 0 Å². The molecule has 6 heteroatoms. The number of anilines is 1.